The van der Waals surface area contributed by atoms with Gasteiger partial charge in [-0.2, -0.15) is 0 Å². The van der Waals surface area contributed by atoms with Crippen molar-refractivity contribution in [3.8, 4) is 0 Å². The minimum atomic E-state index is -0.468. The van der Waals surface area contributed by atoms with Gasteiger partial charge in [-0.1, -0.05) is 0 Å². The van der Waals surface area contributed by atoms with Crippen LogP contribution in [-0.4, -0.2) is 25.5 Å². The van der Waals surface area contributed by atoms with Crippen LogP contribution in [0.15, 0.2) is 15.9 Å². The average Bonchev–Trinajstić information content (AvgIpc) is 2.59. The second-order valence-electron chi connectivity index (χ2n) is 2.85. The third kappa shape index (κ3) is 2.88. The van der Waals surface area contributed by atoms with Crippen molar-refractivity contribution in [2.24, 2.45) is 5.73 Å². The molecule has 1 aromatic heterocycles. The molecule has 0 saturated heterocycles. The standard InChI is InChI=1S/C9H12BrNO2S/c1-13-4-2-7(11)8(12)9-6(10)3-5-14-9/h3,5,7H,2,4,11H2,1H3. The summed E-state index contributed by atoms with van der Waals surface area (Å²) in [5.74, 6) is -0.0241. The molecular formula is C9H12BrNO2S. The number of hydrogen-bond donors (Lipinski definition) is 1. The number of ketones is 1. The number of ether oxygens (including phenoxy) is 1. The highest BCUT2D eigenvalue weighted by molar-refractivity contribution is 9.10. The molecule has 1 heterocycles. The van der Waals surface area contributed by atoms with Crippen LogP contribution in [0, 0.1) is 0 Å². The zero-order valence-corrected chi connectivity index (χ0v) is 10.2. The van der Waals surface area contributed by atoms with Gasteiger partial charge in [-0.3, -0.25) is 4.79 Å². The van der Waals surface area contributed by atoms with E-state index >= 15 is 0 Å². The van der Waals surface area contributed by atoms with E-state index in [1.54, 1.807) is 7.11 Å². The molecule has 0 amide bonds. The molecule has 0 aliphatic heterocycles. The number of halogens is 1. The summed E-state index contributed by atoms with van der Waals surface area (Å²) in [5.41, 5.74) is 5.72. The molecule has 0 fully saturated rings. The smallest absolute Gasteiger partial charge is 0.190 e. The van der Waals surface area contributed by atoms with Gasteiger partial charge in [0.15, 0.2) is 5.78 Å². The summed E-state index contributed by atoms with van der Waals surface area (Å²) < 4.78 is 5.69. The summed E-state index contributed by atoms with van der Waals surface area (Å²) in [7, 11) is 1.60. The lowest BCUT2D eigenvalue weighted by molar-refractivity contribution is 0.0938. The summed E-state index contributed by atoms with van der Waals surface area (Å²) >= 11 is 4.71. The third-order valence-corrected chi connectivity index (χ3v) is 3.66. The maximum Gasteiger partial charge on any atom is 0.190 e. The van der Waals surface area contributed by atoms with Crippen molar-refractivity contribution in [2.75, 3.05) is 13.7 Å². The van der Waals surface area contributed by atoms with Crippen molar-refractivity contribution in [3.63, 3.8) is 0 Å². The molecule has 0 aromatic carbocycles. The minimum Gasteiger partial charge on any atom is -0.385 e. The van der Waals surface area contributed by atoms with E-state index in [-0.39, 0.29) is 5.78 Å². The number of Topliss-reactive ketones (excluding diaryl/α,β-unsaturated/α-hetero) is 1. The molecule has 0 spiro atoms. The molecule has 0 aliphatic carbocycles. The number of carbonyl (C=O) groups excluding carboxylic acids is 1. The molecule has 0 saturated carbocycles. The first kappa shape index (κ1) is 11.8. The van der Waals surface area contributed by atoms with E-state index in [0.717, 1.165) is 4.47 Å². The molecule has 0 bridgehead atoms. The second kappa shape index (κ2) is 5.60. The molecular weight excluding hydrogens is 266 g/mol. The van der Waals surface area contributed by atoms with Crippen LogP contribution in [0.3, 0.4) is 0 Å². The monoisotopic (exact) mass is 277 g/mol. The van der Waals surface area contributed by atoms with E-state index in [4.69, 9.17) is 10.5 Å². The Kier molecular flexibility index (Phi) is 4.74. The molecule has 2 N–H and O–H groups in total. The summed E-state index contributed by atoms with van der Waals surface area (Å²) in [6.45, 7) is 0.510. The van der Waals surface area contributed by atoms with E-state index in [0.29, 0.717) is 17.9 Å². The van der Waals surface area contributed by atoms with Gasteiger partial charge < -0.3 is 10.5 Å². The van der Waals surface area contributed by atoms with Gasteiger partial charge in [0.1, 0.15) is 0 Å². The van der Waals surface area contributed by atoms with Crippen LogP contribution in [-0.2, 0) is 4.74 Å². The van der Waals surface area contributed by atoms with Crippen molar-refractivity contribution in [3.05, 3.63) is 20.8 Å². The number of thiophene rings is 1. The quantitative estimate of drug-likeness (QED) is 0.839. The van der Waals surface area contributed by atoms with E-state index in [2.05, 4.69) is 15.9 Å². The van der Waals surface area contributed by atoms with Crippen LogP contribution in [0.5, 0.6) is 0 Å². The van der Waals surface area contributed by atoms with Crippen LogP contribution < -0.4 is 5.73 Å². The van der Waals surface area contributed by atoms with Crippen LogP contribution >= 0.6 is 27.3 Å². The fourth-order valence-electron chi connectivity index (χ4n) is 1.01. The molecule has 0 radical (unpaired) electrons. The maximum atomic E-state index is 11.7. The number of methoxy groups -OCH3 is 1. The van der Waals surface area contributed by atoms with Gasteiger partial charge in [-0.15, -0.1) is 11.3 Å². The molecule has 1 rings (SSSR count). The summed E-state index contributed by atoms with van der Waals surface area (Å²) in [6, 6.07) is 1.38. The predicted molar refractivity (Wildman–Crippen MR) is 60.8 cm³/mol. The van der Waals surface area contributed by atoms with E-state index in [1.807, 2.05) is 11.4 Å². The first-order chi connectivity index (χ1) is 6.66. The number of hydrogen-bond acceptors (Lipinski definition) is 4. The lowest BCUT2D eigenvalue weighted by Gasteiger charge is -2.08. The van der Waals surface area contributed by atoms with Crippen LogP contribution in [0.1, 0.15) is 16.1 Å². The van der Waals surface area contributed by atoms with Crippen molar-refractivity contribution < 1.29 is 9.53 Å². The molecule has 3 nitrogen and oxygen atoms in total. The topological polar surface area (TPSA) is 52.3 Å². The Morgan fingerprint density at radius 3 is 3.00 bits per heavy atom. The normalized spacial score (nSPS) is 12.8. The Morgan fingerprint density at radius 1 is 1.79 bits per heavy atom. The predicted octanol–water partition coefficient (Wildman–Crippen LogP) is 2.06. The van der Waals surface area contributed by atoms with Gasteiger partial charge in [0.2, 0.25) is 0 Å². The van der Waals surface area contributed by atoms with Crippen LogP contribution in [0.2, 0.25) is 0 Å². The first-order valence-corrected chi connectivity index (χ1v) is 5.85. The molecule has 14 heavy (non-hydrogen) atoms. The van der Waals surface area contributed by atoms with Gasteiger partial charge in [-0.25, -0.2) is 0 Å². The number of rotatable bonds is 5. The second-order valence-corrected chi connectivity index (χ2v) is 4.62. The fourth-order valence-corrected chi connectivity index (χ4v) is 2.59. The Morgan fingerprint density at radius 2 is 2.50 bits per heavy atom. The number of carbonyl (C=O) groups is 1. The van der Waals surface area contributed by atoms with Crippen LogP contribution in [0.4, 0.5) is 0 Å². The molecule has 1 atom stereocenters. The van der Waals surface area contributed by atoms with Gasteiger partial charge in [-0.05, 0) is 33.8 Å². The van der Waals surface area contributed by atoms with Gasteiger partial charge in [0.05, 0.1) is 10.9 Å². The highest BCUT2D eigenvalue weighted by atomic mass is 79.9. The zero-order chi connectivity index (χ0) is 10.6. The summed E-state index contributed by atoms with van der Waals surface area (Å²) in [4.78, 5) is 12.4. The Balaban J connectivity index is 2.61. The molecule has 5 heteroatoms. The van der Waals surface area contributed by atoms with E-state index in [9.17, 15) is 4.79 Å². The summed E-state index contributed by atoms with van der Waals surface area (Å²) in [6.07, 6.45) is 0.555. The fraction of sp³-hybridized carbons (Fsp3) is 0.444. The van der Waals surface area contributed by atoms with E-state index in [1.165, 1.54) is 11.3 Å². The zero-order valence-electron chi connectivity index (χ0n) is 7.83. The van der Waals surface area contributed by atoms with Crippen LogP contribution in [0.25, 0.3) is 0 Å². The molecule has 1 aromatic rings. The largest absolute Gasteiger partial charge is 0.385 e. The highest BCUT2D eigenvalue weighted by Gasteiger charge is 2.18. The Bertz CT molecular complexity index is 314. The van der Waals surface area contributed by atoms with Crippen molar-refractivity contribution in [2.45, 2.75) is 12.5 Å². The Hall–Kier alpha value is -0.230. The van der Waals surface area contributed by atoms with Crippen molar-refractivity contribution >= 4 is 33.0 Å². The maximum absolute atomic E-state index is 11.7. The SMILES string of the molecule is COCCC(N)C(=O)c1sccc1Br. The minimum absolute atomic E-state index is 0.0241. The highest BCUT2D eigenvalue weighted by Crippen LogP contribution is 2.24. The molecule has 78 valence electrons. The van der Waals surface area contributed by atoms with E-state index < -0.39 is 6.04 Å². The van der Waals surface area contributed by atoms with Gasteiger partial charge >= 0.3 is 0 Å². The van der Waals surface area contributed by atoms with Gasteiger partial charge in [0, 0.05) is 18.2 Å². The lowest BCUT2D eigenvalue weighted by Crippen LogP contribution is -2.31. The third-order valence-electron chi connectivity index (χ3n) is 1.81. The van der Waals surface area contributed by atoms with Gasteiger partial charge in [0.25, 0.3) is 0 Å². The molecule has 0 aliphatic rings. The molecule has 1 unspecified atom stereocenters. The average molecular weight is 278 g/mol. The Labute approximate surface area is 95.4 Å². The van der Waals surface area contributed by atoms with Crippen molar-refractivity contribution in [1.82, 2.24) is 0 Å². The number of nitrogens with two attached hydrogens (primary N) is 1. The van der Waals surface area contributed by atoms with Crippen molar-refractivity contribution in [1.29, 1.82) is 0 Å². The lowest BCUT2D eigenvalue weighted by atomic mass is 10.1. The summed E-state index contributed by atoms with van der Waals surface area (Å²) in [5, 5.41) is 1.86. The first-order valence-electron chi connectivity index (χ1n) is 4.18.